The van der Waals surface area contributed by atoms with Gasteiger partial charge in [-0.3, -0.25) is 4.79 Å². The standard InChI is InChI=1S/C14H11Cl2NO4/c1-7-9(14(19)20)5-8(21-7)6-17-13(18)12-10(15)3-2-4-11(12)16/h2-5H,6H2,1H3,(H,17,18)(H,19,20). The van der Waals surface area contributed by atoms with Crippen molar-refractivity contribution in [1.82, 2.24) is 5.32 Å². The van der Waals surface area contributed by atoms with Gasteiger partial charge in [-0.2, -0.15) is 0 Å². The Bertz CT molecular complexity index is 689. The molecule has 0 aliphatic rings. The van der Waals surface area contributed by atoms with E-state index in [4.69, 9.17) is 32.7 Å². The SMILES string of the molecule is Cc1oc(CNC(=O)c2c(Cl)cccc2Cl)cc1C(=O)O. The molecular weight excluding hydrogens is 317 g/mol. The van der Waals surface area contributed by atoms with Gasteiger partial charge >= 0.3 is 5.97 Å². The lowest BCUT2D eigenvalue weighted by Gasteiger charge is -2.07. The van der Waals surface area contributed by atoms with Gasteiger partial charge in [-0.15, -0.1) is 0 Å². The van der Waals surface area contributed by atoms with E-state index in [-0.39, 0.29) is 33.5 Å². The zero-order chi connectivity index (χ0) is 15.6. The molecule has 0 saturated carbocycles. The number of nitrogens with one attached hydrogen (secondary N) is 1. The third kappa shape index (κ3) is 3.37. The van der Waals surface area contributed by atoms with Crippen molar-refractivity contribution in [1.29, 1.82) is 0 Å². The minimum absolute atomic E-state index is 0.0362. The van der Waals surface area contributed by atoms with E-state index < -0.39 is 11.9 Å². The average Bonchev–Trinajstić information content (AvgIpc) is 2.77. The van der Waals surface area contributed by atoms with Gasteiger partial charge in [0.05, 0.1) is 22.2 Å². The Morgan fingerprint density at radius 3 is 2.43 bits per heavy atom. The van der Waals surface area contributed by atoms with Gasteiger partial charge in [-0.25, -0.2) is 4.79 Å². The van der Waals surface area contributed by atoms with Crippen molar-refractivity contribution in [2.45, 2.75) is 13.5 Å². The molecule has 0 aliphatic carbocycles. The van der Waals surface area contributed by atoms with E-state index in [0.717, 1.165) is 0 Å². The van der Waals surface area contributed by atoms with Crippen molar-refractivity contribution < 1.29 is 19.1 Å². The topological polar surface area (TPSA) is 79.5 Å². The Morgan fingerprint density at radius 2 is 1.90 bits per heavy atom. The van der Waals surface area contributed by atoms with E-state index in [2.05, 4.69) is 5.32 Å². The number of rotatable bonds is 4. The van der Waals surface area contributed by atoms with Gasteiger partial charge in [0.15, 0.2) is 0 Å². The van der Waals surface area contributed by atoms with Crippen molar-refractivity contribution >= 4 is 35.1 Å². The first-order chi connectivity index (χ1) is 9.90. The normalized spacial score (nSPS) is 10.4. The largest absolute Gasteiger partial charge is 0.478 e. The molecule has 2 N–H and O–H groups in total. The molecule has 2 aromatic rings. The van der Waals surface area contributed by atoms with Crippen LogP contribution in [0.5, 0.6) is 0 Å². The second kappa shape index (κ2) is 6.20. The molecule has 1 amide bonds. The van der Waals surface area contributed by atoms with E-state index in [0.29, 0.717) is 5.76 Å². The molecule has 21 heavy (non-hydrogen) atoms. The number of carboxylic acid groups (broad SMARTS) is 1. The number of aryl methyl sites for hydroxylation is 1. The summed E-state index contributed by atoms with van der Waals surface area (Å²) in [5.74, 6) is -0.927. The molecule has 1 aromatic heterocycles. The summed E-state index contributed by atoms with van der Waals surface area (Å²) >= 11 is 11.9. The molecule has 5 nitrogen and oxygen atoms in total. The van der Waals surface area contributed by atoms with Gasteiger partial charge in [0, 0.05) is 0 Å². The summed E-state index contributed by atoms with van der Waals surface area (Å²) in [6, 6.07) is 6.12. The first-order valence-electron chi connectivity index (χ1n) is 5.95. The number of benzene rings is 1. The summed E-state index contributed by atoms with van der Waals surface area (Å²) in [6.07, 6.45) is 0. The van der Waals surface area contributed by atoms with Crippen molar-refractivity contribution in [3.63, 3.8) is 0 Å². The fourth-order valence-electron chi connectivity index (χ4n) is 1.81. The van der Waals surface area contributed by atoms with Crippen molar-refractivity contribution in [2.24, 2.45) is 0 Å². The third-order valence-electron chi connectivity index (χ3n) is 2.81. The summed E-state index contributed by atoms with van der Waals surface area (Å²) in [6.45, 7) is 1.58. The smallest absolute Gasteiger partial charge is 0.339 e. The Labute approximate surface area is 130 Å². The van der Waals surface area contributed by atoms with Crippen LogP contribution in [-0.2, 0) is 6.54 Å². The van der Waals surface area contributed by atoms with E-state index >= 15 is 0 Å². The van der Waals surface area contributed by atoms with E-state index in [1.54, 1.807) is 25.1 Å². The highest BCUT2D eigenvalue weighted by Crippen LogP contribution is 2.24. The van der Waals surface area contributed by atoms with Crippen LogP contribution >= 0.6 is 23.2 Å². The molecule has 1 aromatic carbocycles. The molecule has 0 atom stereocenters. The lowest BCUT2D eigenvalue weighted by molar-refractivity contribution is 0.0694. The fraction of sp³-hybridized carbons (Fsp3) is 0.143. The van der Waals surface area contributed by atoms with Crippen LogP contribution in [0.3, 0.4) is 0 Å². The third-order valence-corrected chi connectivity index (χ3v) is 3.44. The van der Waals surface area contributed by atoms with Crippen LogP contribution in [0.2, 0.25) is 10.0 Å². The lowest BCUT2D eigenvalue weighted by Crippen LogP contribution is -2.23. The molecular formula is C14H11Cl2NO4. The van der Waals surface area contributed by atoms with Crippen LogP contribution in [-0.4, -0.2) is 17.0 Å². The maximum Gasteiger partial charge on any atom is 0.339 e. The first kappa shape index (κ1) is 15.4. The van der Waals surface area contributed by atoms with Gasteiger partial charge in [-0.05, 0) is 25.1 Å². The average molecular weight is 328 g/mol. The monoisotopic (exact) mass is 327 g/mol. The van der Waals surface area contributed by atoms with Gasteiger partial charge in [0.25, 0.3) is 5.91 Å². The molecule has 0 bridgehead atoms. The van der Waals surface area contributed by atoms with Crippen LogP contribution in [0.4, 0.5) is 0 Å². The Hall–Kier alpha value is -1.98. The highest BCUT2D eigenvalue weighted by Gasteiger charge is 2.17. The van der Waals surface area contributed by atoms with Crippen LogP contribution in [0.25, 0.3) is 0 Å². The zero-order valence-electron chi connectivity index (χ0n) is 10.9. The summed E-state index contributed by atoms with van der Waals surface area (Å²) in [7, 11) is 0. The van der Waals surface area contributed by atoms with E-state index in [1.165, 1.54) is 6.07 Å². The number of hydrogen-bond acceptors (Lipinski definition) is 3. The van der Waals surface area contributed by atoms with Crippen LogP contribution < -0.4 is 5.32 Å². The van der Waals surface area contributed by atoms with Gasteiger partial charge < -0.3 is 14.8 Å². The molecule has 0 radical (unpaired) electrons. The van der Waals surface area contributed by atoms with Crippen LogP contribution in [0.15, 0.2) is 28.7 Å². The Balaban J connectivity index is 2.11. The first-order valence-corrected chi connectivity index (χ1v) is 6.70. The number of furan rings is 1. The number of amides is 1. The van der Waals surface area contributed by atoms with Gasteiger partial charge in [0.1, 0.15) is 17.1 Å². The molecule has 2 rings (SSSR count). The summed E-state index contributed by atoms with van der Waals surface area (Å²) < 4.78 is 5.26. The highest BCUT2D eigenvalue weighted by molar-refractivity contribution is 6.39. The predicted octanol–water partition coefficient (Wildman–Crippen LogP) is 3.52. The Morgan fingerprint density at radius 1 is 1.29 bits per heavy atom. The summed E-state index contributed by atoms with van der Waals surface area (Å²) in [4.78, 5) is 22.9. The number of halogens is 2. The van der Waals surface area contributed by atoms with Crippen LogP contribution in [0.1, 0.15) is 32.2 Å². The number of carbonyl (C=O) groups excluding carboxylic acids is 1. The van der Waals surface area contributed by atoms with Gasteiger partial charge in [-0.1, -0.05) is 29.3 Å². The van der Waals surface area contributed by atoms with Crippen molar-refractivity contribution in [3.05, 3.63) is 57.0 Å². The molecule has 1 heterocycles. The second-order valence-electron chi connectivity index (χ2n) is 4.27. The maximum atomic E-state index is 12.0. The molecule has 0 saturated heterocycles. The Kier molecular flexibility index (Phi) is 4.55. The number of carbonyl (C=O) groups is 2. The van der Waals surface area contributed by atoms with Gasteiger partial charge in [0.2, 0.25) is 0 Å². The minimum atomic E-state index is -1.08. The van der Waals surface area contributed by atoms with Crippen LogP contribution in [0, 0.1) is 6.92 Å². The number of hydrogen-bond donors (Lipinski definition) is 2. The predicted molar refractivity (Wildman–Crippen MR) is 78.0 cm³/mol. The molecule has 0 fully saturated rings. The summed E-state index contributed by atoms with van der Waals surface area (Å²) in [5.41, 5.74) is 0.234. The van der Waals surface area contributed by atoms with E-state index in [9.17, 15) is 9.59 Å². The molecule has 7 heteroatoms. The molecule has 0 aliphatic heterocycles. The molecule has 110 valence electrons. The van der Waals surface area contributed by atoms with Crippen molar-refractivity contribution in [3.8, 4) is 0 Å². The zero-order valence-corrected chi connectivity index (χ0v) is 12.5. The fourth-order valence-corrected chi connectivity index (χ4v) is 2.38. The quantitative estimate of drug-likeness (QED) is 0.900. The summed E-state index contributed by atoms with van der Waals surface area (Å²) in [5, 5.41) is 12.0. The lowest BCUT2D eigenvalue weighted by atomic mass is 10.2. The number of aromatic carboxylic acids is 1. The maximum absolute atomic E-state index is 12.0. The molecule has 0 spiro atoms. The minimum Gasteiger partial charge on any atom is -0.478 e. The van der Waals surface area contributed by atoms with E-state index in [1.807, 2.05) is 0 Å². The highest BCUT2D eigenvalue weighted by atomic mass is 35.5. The number of carboxylic acids is 1. The molecule has 0 unspecified atom stereocenters. The second-order valence-corrected chi connectivity index (χ2v) is 5.08. The van der Waals surface area contributed by atoms with Crippen molar-refractivity contribution in [2.75, 3.05) is 0 Å².